The van der Waals surface area contributed by atoms with Gasteiger partial charge in [0, 0.05) is 6.26 Å². The first kappa shape index (κ1) is 16.6. The number of hydrogen-bond donors (Lipinski definition) is 0. The molecule has 10 heteroatoms. The van der Waals surface area contributed by atoms with Gasteiger partial charge in [0.2, 0.25) is 0 Å². The van der Waals surface area contributed by atoms with Gasteiger partial charge in [-0.05, 0) is 0 Å². The number of pyridine rings is 1. The van der Waals surface area contributed by atoms with Gasteiger partial charge in [-0.25, -0.2) is 13.4 Å². The summed E-state index contributed by atoms with van der Waals surface area (Å²) >= 11 is 34.3. The van der Waals surface area contributed by atoms with Crippen LogP contribution < -0.4 is 0 Å². The van der Waals surface area contributed by atoms with E-state index in [0.717, 1.165) is 6.26 Å². The number of halogens is 6. The van der Waals surface area contributed by atoms with Crippen molar-refractivity contribution in [2.24, 2.45) is 0 Å². The quantitative estimate of drug-likeness (QED) is 0.683. The van der Waals surface area contributed by atoms with E-state index in [-0.39, 0.29) is 30.3 Å². The molecule has 3 nitrogen and oxygen atoms in total. The van der Waals surface area contributed by atoms with Gasteiger partial charge in [0.15, 0.2) is 14.9 Å². The number of rotatable bonds is 2. The first-order valence-corrected chi connectivity index (χ1v) is 8.19. The van der Waals surface area contributed by atoms with Gasteiger partial charge in [-0.3, -0.25) is 0 Å². The Kier molecular flexibility index (Phi) is 5.47. The van der Waals surface area contributed by atoms with E-state index >= 15 is 0 Å². The predicted molar refractivity (Wildman–Crippen MR) is 76.9 cm³/mol. The van der Waals surface area contributed by atoms with Crippen molar-refractivity contribution in [1.82, 2.24) is 4.98 Å². The van der Waals surface area contributed by atoms with Crippen LogP contribution in [-0.4, -0.2) is 19.7 Å². The Morgan fingerprint density at radius 3 is 1.94 bits per heavy atom. The third kappa shape index (κ3) is 3.37. The Morgan fingerprint density at radius 1 is 1.06 bits per heavy atom. The molecule has 0 atom stereocenters. The SMILES string of the molecule is CS(=O)(=O)c1nc(Cl)c(C(Cl)=C(Cl)Cl)c(Cl)c1Cl. The molecule has 1 aromatic heterocycles. The van der Waals surface area contributed by atoms with Gasteiger partial charge in [-0.15, -0.1) is 0 Å². The number of sulfone groups is 1. The van der Waals surface area contributed by atoms with E-state index in [4.69, 9.17) is 69.6 Å². The summed E-state index contributed by atoms with van der Waals surface area (Å²) in [5.41, 5.74) is -0.0302. The number of aromatic nitrogens is 1. The maximum atomic E-state index is 11.4. The van der Waals surface area contributed by atoms with Crippen LogP contribution in [0.5, 0.6) is 0 Å². The number of nitrogens with zero attached hydrogens (tertiary/aromatic N) is 1. The normalized spacial score (nSPS) is 11.5. The largest absolute Gasteiger partial charge is 0.222 e. The summed E-state index contributed by atoms with van der Waals surface area (Å²) < 4.78 is 22.5. The van der Waals surface area contributed by atoms with Crippen LogP contribution in [-0.2, 0) is 9.84 Å². The van der Waals surface area contributed by atoms with Gasteiger partial charge in [-0.1, -0.05) is 69.6 Å². The molecular formula is C8H3Cl6NO2S. The zero-order valence-electron chi connectivity index (χ0n) is 8.44. The van der Waals surface area contributed by atoms with E-state index in [9.17, 15) is 8.42 Å². The first-order valence-electron chi connectivity index (χ1n) is 4.03. The lowest BCUT2D eigenvalue weighted by atomic mass is 10.3. The lowest BCUT2D eigenvalue weighted by Gasteiger charge is -2.10. The highest BCUT2D eigenvalue weighted by atomic mass is 35.5. The minimum Gasteiger partial charge on any atom is -0.222 e. The highest BCUT2D eigenvalue weighted by Gasteiger charge is 2.24. The van der Waals surface area contributed by atoms with Gasteiger partial charge in [0.1, 0.15) is 9.64 Å². The molecule has 0 aliphatic carbocycles. The summed E-state index contributed by atoms with van der Waals surface area (Å²) in [6, 6.07) is 0. The zero-order valence-corrected chi connectivity index (χ0v) is 13.8. The van der Waals surface area contributed by atoms with Crippen molar-refractivity contribution in [3.8, 4) is 0 Å². The second-order valence-electron chi connectivity index (χ2n) is 3.06. The van der Waals surface area contributed by atoms with Crippen molar-refractivity contribution in [3.63, 3.8) is 0 Å². The van der Waals surface area contributed by atoms with Gasteiger partial charge >= 0.3 is 0 Å². The van der Waals surface area contributed by atoms with Crippen molar-refractivity contribution >= 4 is 84.5 Å². The van der Waals surface area contributed by atoms with Crippen LogP contribution in [0.25, 0.3) is 5.03 Å². The Labute approximate surface area is 134 Å². The molecule has 0 N–H and O–H groups in total. The lowest BCUT2D eigenvalue weighted by molar-refractivity contribution is 0.598. The Hall–Kier alpha value is 0.580. The Bertz CT molecular complexity index is 635. The molecule has 0 amide bonds. The van der Waals surface area contributed by atoms with Crippen LogP contribution in [0.4, 0.5) is 0 Å². The second kappa shape index (κ2) is 5.92. The zero-order chi connectivity index (χ0) is 14.2. The van der Waals surface area contributed by atoms with Crippen LogP contribution in [0.3, 0.4) is 0 Å². The molecule has 18 heavy (non-hydrogen) atoms. The average molecular weight is 390 g/mol. The topological polar surface area (TPSA) is 47.0 Å². The molecule has 0 radical (unpaired) electrons. The molecule has 0 bridgehead atoms. The number of hydrogen-bond acceptors (Lipinski definition) is 3. The molecule has 0 fully saturated rings. The minimum absolute atomic E-state index is 0.0302. The predicted octanol–water partition coefficient (Wildman–Crippen LogP) is 4.79. The van der Waals surface area contributed by atoms with Crippen molar-refractivity contribution in [2.75, 3.05) is 6.26 Å². The fourth-order valence-corrected chi connectivity index (χ4v) is 3.43. The van der Waals surface area contributed by atoms with Crippen molar-refractivity contribution < 1.29 is 8.42 Å². The summed E-state index contributed by atoms with van der Waals surface area (Å²) in [4.78, 5) is 3.63. The molecule has 0 spiro atoms. The fourth-order valence-electron chi connectivity index (χ4n) is 1.02. The maximum absolute atomic E-state index is 11.4. The van der Waals surface area contributed by atoms with E-state index in [0.29, 0.717) is 0 Å². The minimum atomic E-state index is -3.68. The lowest BCUT2D eigenvalue weighted by Crippen LogP contribution is -2.04. The van der Waals surface area contributed by atoms with E-state index in [1.807, 2.05) is 0 Å². The molecule has 1 rings (SSSR count). The third-order valence-corrected chi connectivity index (χ3v) is 4.92. The van der Waals surface area contributed by atoms with E-state index in [1.165, 1.54) is 0 Å². The molecular weight excluding hydrogens is 387 g/mol. The molecule has 0 aliphatic heterocycles. The molecule has 0 saturated heterocycles. The standard InChI is InChI=1S/C8H3Cl6NO2S/c1-18(16,17)8-5(11)3(9)2(7(14)15-8)4(10)6(12)13/h1H3. The molecule has 0 saturated carbocycles. The fraction of sp³-hybridized carbons (Fsp3) is 0.125. The smallest absolute Gasteiger partial charge is 0.194 e. The molecule has 100 valence electrons. The Balaban J connectivity index is 3.75. The molecule has 0 unspecified atom stereocenters. The highest BCUT2D eigenvalue weighted by Crippen LogP contribution is 2.41. The Morgan fingerprint density at radius 2 is 1.56 bits per heavy atom. The highest BCUT2D eigenvalue weighted by molar-refractivity contribution is 7.90. The third-order valence-electron chi connectivity index (χ3n) is 1.74. The second-order valence-corrected chi connectivity index (χ2v) is 7.43. The van der Waals surface area contributed by atoms with Crippen molar-refractivity contribution in [1.29, 1.82) is 0 Å². The van der Waals surface area contributed by atoms with Gasteiger partial charge < -0.3 is 0 Å². The van der Waals surface area contributed by atoms with Crippen LogP contribution >= 0.6 is 69.6 Å². The van der Waals surface area contributed by atoms with Crippen molar-refractivity contribution in [3.05, 3.63) is 25.3 Å². The van der Waals surface area contributed by atoms with Crippen molar-refractivity contribution in [2.45, 2.75) is 5.03 Å². The van der Waals surface area contributed by atoms with Gasteiger partial charge in [0.25, 0.3) is 0 Å². The molecule has 0 aromatic carbocycles. The summed E-state index contributed by atoms with van der Waals surface area (Å²) in [5.74, 6) is 0. The van der Waals surface area contributed by atoms with Crippen LogP contribution in [0, 0.1) is 0 Å². The van der Waals surface area contributed by atoms with Gasteiger partial charge in [-0.2, -0.15) is 0 Å². The monoisotopic (exact) mass is 387 g/mol. The van der Waals surface area contributed by atoms with Crippen LogP contribution in [0.2, 0.25) is 15.2 Å². The molecule has 1 heterocycles. The van der Waals surface area contributed by atoms with Crippen LogP contribution in [0.15, 0.2) is 9.52 Å². The van der Waals surface area contributed by atoms with E-state index < -0.39 is 14.9 Å². The maximum Gasteiger partial charge on any atom is 0.194 e. The summed E-state index contributed by atoms with van der Waals surface area (Å²) in [6.07, 6.45) is 0.916. The summed E-state index contributed by atoms with van der Waals surface area (Å²) in [5, 5.41) is -1.39. The molecule has 0 aliphatic rings. The van der Waals surface area contributed by atoms with Crippen LogP contribution in [0.1, 0.15) is 5.56 Å². The van der Waals surface area contributed by atoms with E-state index in [1.54, 1.807) is 0 Å². The summed E-state index contributed by atoms with van der Waals surface area (Å²) in [7, 11) is -3.68. The van der Waals surface area contributed by atoms with Gasteiger partial charge in [0.05, 0.1) is 20.6 Å². The molecule has 1 aromatic rings. The first-order chi connectivity index (χ1) is 8.07. The summed E-state index contributed by atoms with van der Waals surface area (Å²) in [6.45, 7) is 0. The van der Waals surface area contributed by atoms with E-state index in [2.05, 4.69) is 4.98 Å². The average Bonchev–Trinajstić information content (AvgIpc) is 2.21.